The van der Waals surface area contributed by atoms with Gasteiger partial charge in [0, 0.05) is 12.6 Å². The lowest BCUT2D eigenvalue weighted by molar-refractivity contribution is 0.0563. The maximum atomic E-state index is 11.2. The number of nitrogens with zero attached hydrogens (tertiary/aromatic N) is 1. The number of likely N-dealkylation sites (N-methyl/N-ethyl adjacent to an activating group) is 1. The molecular formula is C14H24N2O3. The molecule has 0 amide bonds. The van der Waals surface area contributed by atoms with Gasteiger partial charge >= 0.3 is 5.97 Å². The standard InChI is InChI=1S/C14H24N2O3/c1-10(2)12(16(3)4)9-15-8-11-6-7-13(19-11)14(17)18-5/h6-7,10,12,15H,8-9H2,1-5H3. The minimum absolute atomic E-state index is 0.243. The van der Waals surface area contributed by atoms with Crippen LogP contribution >= 0.6 is 0 Å². The molecule has 0 aliphatic rings. The molecule has 0 radical (unpaired) electrons. The van der Waals surface area contributed by atoms with Crippen LogP contribution in [-0.2, 0) is 11.3 Å². The van der Waals surface area contributed by atoms with E-state index in [4.69, 9.17) is 4.42 Å². The second-order valence-electron chi connectivity index (χ2n) is 5.16. The summed E-state index contributed by atoms with van der Waals surface area (Å²) < 4.78 is 9.98. The summed E-state index contributed by atoms with van der Waals surface area (Å²) in [5, 5.41) is 3.35. The van der Waals surface area contributed by atoms with Crippen molar-refractivity contribution in [2.75, 3.05) is 27.7 Å². The quantitative estimate of drug-likeness (QED) is 0.763. The minimum atomic E-state index is -0.445. The minimum Gasteiger partial charge on any atom is -0.463 e. The van der Waals surface area contributed by atoms with Crippen molar-refractivity contribution in [1.82, 2.24) is 10.2 Å². The van der Waals surface area contributed by atoms with Gasteiger partial charge in [0.2, 0.25) is 5.76 Å². The van der Waals surface area contributed by atoms with Crippen LogP contribution in [0.1, 0.15) is 30.2 Å². The zero-order valence-electron chi connectivity index (χ0n) is 12.4. The van der Waals surface area contributed by atoms with E-state index in [-0.39, 0.29) is 5.76 Å². The third kappa shape index (κ3) is 4.69. The van der Waals surface area contributed by atoms with Gasteiger partial charge in [-0.15, -0.1) is 0 Å². The molecule has 1 unspecified atom stereocenters. The van der Waals surface area contributed by atoms with Crippen LogP contribution in [0.5, 0.6) is 0 Å². The Hall–Kier alpha value is -1.33. The van der Waals surface area contributed by atoms with Gasteiger partial charge in [-0.3, -0.25) is 0 Å². The summed E-state index contributed by atoms with van der Waals surface area (Å²) in [5.41, 5.74) is 0. The number of hydrogen-bond donors (Lipinski definition) is 1. The maximum absolute atomic E-state index is 11.2. The lowest BCUT2D eigenvalue weighted by atomic mass is 10.0. The first-order valence-corrected chi connectivity index (χ1v) is 6.49. The molecule has 0 aliphatic heterocycles. The van der Waals surface area contributed by atoms with Crippen molar-refractivity contribution in [3.8, 4) is 0 Å². The van der Waals surface area contributed by atoms with Crippen molar-refractivity contribution < 1.29 is 13.9 Å². The molecule has 19 heavy (non-hydrogen) atoms. The van der Waals surface area contributed by atoms with Crippen LogP contribution in [0, 0.1) is 5.92 Å². The van der Waals surface area contributed by atoms with E-state index < -0.39 is 5.97 Å². The van der Waals surface area contributed by atoms with Gasteiger partial charge in [-0.05, 0) is 32.1 Å². The van der Waals surface area contributed by atoms with Crippen molar-refractivity contribution in [1.29, 1.82) is 0 Å². The Morgan fingerprint density at radius 3 is 2.63 bits per heavy atom. The summed E-state index contributed by atoms with van der Waals surface area (Å²) in [6, 6.07) is 3.89. The fourth-order valence-corrected chi connectivity index (χ4v) is 2.04. The highest BCUT2D eigenvalue weighted by molar-refractivity contribution is 5.86. The van der Waals surface area contributed by atoms with E-state index in [1.807, 2.05) is 0 Å². The molecule has 0 saturated carbocycles. The lowest BCUT2D eigenvalue weighted by Crippen LogP contribution is -2.41. The molecule has 0 spiro atoms. The number of hydrogen-bond acceptors (Lipinski definition) is 5. The molecule has 0 bridgehead atoms. The highest BCUT2D eigenvalue weighted by atomic mass is 16.5. The molecule has 1 aromatic heterocycles. The molecular weight excluding hydrogens is 244 g/mol. The third-order valence-corrected chi connectivity index (χ3v) is 3.13. The first-order valence-electron chi connectivity index (χ1n) is 6.49. The average Bonchev–Trinajstić information content (AvgIpc) is 2.81. The molecule has 0 fully saturated rings. The van der Waals surface area contributed by atoms with Crippen LogP contribution in [0.3, 0.4) is 0 Å². The Bertz CT molecular complexity index is 391. The Labute approximate surface area is 114 Å². The Morgan fingerprint density at radius 1 is 1.42 bits per heavy atom. The number of methoxy groups -OCH3 is 1. The molecule has 108 valence electrons. The van der Waals surface area contributed by atoms with Crippen molar-refractivity contribution >= 4 is 5.97 Å². The molecule has 1 aromatic rings. The Balaban J connectivity index is 2.44. The number of furan rings is 1. The first kappa shape index (κ1) is 15.7. The first-order chi connectivity index (χ1) is 8.95. The molecule has 5 heteroatoms. The second-order valence-corrected chi connectivity index (χ2v) is 5.16. The highest BCUT2D eigenvalue weighted by Gasteiger charge is 2.15. The van der Waals surface area contributed by atoms with Crippen molar-refractivity contribution in [2.45, 2.75) is 26.4 Å². The second kappa shape index (κ2) is 7.31. The summed E-state index contributed by atoms with van der Waals surface area (Å²) >= 11 is 0. The van der Waals surface area contributed by atoms with Crippen molar-refractivity contribution in [2.24, 2.45) is 5.92 Å². The predicted molar refractivity (Wildman–Crippen MR) is 74.1 cm³/mol. The molecule has 0 saturated heterocycles. The van der Waals surface area contributed by atoms with Crippen LogP contribution < -0.4 is 5.32 Å². The number of esters is 1. The van der Waals surface area contributed by atoms with Gasteiger partial charge in [0.25, 0.3) is 0 Å². The fourth-order valence-electron chi connectivity index (χ4n) is 2.04. The van der Waals surface area contributed by atoms with E-state index in [1.54, 1.807) is 12.1 Å². The number of carbonyl (C=O) groups is 1. The van der Waals surface area contributed by atoms with Crippen LogP contribution in [0.25, 0.3) is 0 Å². The van der Waals surface area contributed by atoms with Crippen LogP contribution in [0.4, 0.5) is 0 Å². The zero-order valence-corrected chi connectivity index (χ0v) is 12.4. The highest BCUT2D eigenvalue weighted by Crippen LogP contribution is 2.10. The molecule has 1 rings (SSSR count). The van der Waals surface area contributed by atoms with E-state index in [9.17, 15) is 4.79 Å². The van der Waals surface area contributed by atoms with E-state index >= 15 is 0 Å². The predicted octanol–water partition coefficient (Wildman–Crippen LogP) is 1.74. The summed E-state index contributed by atoms with van der Waals surface area (Å²) in [6.45, 7) is 5.89. The summed E-state index contributed by atoms with van der Waals surface area (Å²) in [6.07, 6.45) is 0. The van der Waals surface area contributed by atoms with Crippen LogP contribution in [0.15, 0.2) is 16.5 Å². The average molecular weight is 268 g/mol. The van der Waals surface area contributed by atoms with Gasteiger partial charge in [-0.2, -0.15) is 0 Å². The molecule has 1 heterocycles. The molecule has 5 nitrogen and oxygen atoms in total. The van der Waals surface area contributed by atoms with E-state index in [1.165, 1.54) is 7.11 Å². The van der Waals surface area contributed by atoms with E-state index in [0.717, 1.165) is 12.3 Å². The smallest absolute Gasteiger partial charge is 0.373 e. The van der Waals surface area contributed by atoms with Gasteiger partial charge in [0.15, 0.2) is 0 Å². The van der Waals surface area contributed by atoms with E-state index in [2.05, 4.69) is 42.9 Å². The van der Waals surface area contributed by atoms with Crippen molar-refractivity contribution in [3.63, 3.8) is 0 Å². The third-order valence-electron chi connectivity index (χ3n) is 3.13. The monoisotopic (exact) mass is 268 g/mol. The van der Waals surface area contributed by atoms with Gasteiger partial charge in [0.05, 0.1) is 13.7 Å². The molecule has 0 aromatic carbocycles. The Kier molecular flexibility index (Phi) is 6.05. The summed E-state index contributed by atoms with van der Waals surface area (Å²) in [4.78, 5) is 13.5. The number of carbonyl (C=O) groups excluding carboxylic acids is 1. The SMILES string of the molecule is COC(=O)c1ccc(CNCC(C(C)C)N(C)C)o1. The summed E-state index contributed by atoms with van der Waals surface area (Å²) in [7, 11) is 5.50. The number of ether oxygens (including phenoxy) is 1. The molecule has 1 N–H and O–H groups in total. The number of nitrogens with one attached hydrogen (secondary N) is 1. The van der Waals surface area contributed by atoms with Gasteiger partial charge in [-0.25, -0.2) is 4.79 Å². The van der Waals surface area contributed by atoms with Crippen LogP contribution in [-0.4, -0.2) is 44.7 Å². The van der Waals surface area contributed by atoms with Gasteiger partial charge in [-0.1, -0.05) is 13.8 Å². The normalized spacial score (nSPS) is 13.0. The largest absolute Gasteiger partial charge is 0.463 e. The maximum Gasteiger partial charge on any atom is 0.373 e. The molecule has 0 aliphatic carbocycles. The topological polar surface area (TPSA) is 54.7 Å². The van der Waals surface area contributed by atoms with Gasteiger partial charge < -0.3 is 19.4 Å². The van der Waals surface area contributed by atoms with Gasteiger partial charge in [0.1, 0.15) is 5.76 Å². The lowest BCUT2D eigenvalue weighted by Gasteiger charge is -2.28. The van der Waals surface area contributed by atoms with Crippen LogP contribution in [0.2, 0.25) is 0 Å². The van der Waals surface area contributed by atoms with E-state index in [0.29, 0.717) is 18.5 Å². The number of rotatable bonds is 7. The Morgan fingerprint density at radius 2 is 2.11 bits per heavy atom. The zero-order chi connectivity index (χ0) is 14.4. The summed E-state index contributed by atoms with van der Waals surface area (Å²) in [5.74, 6) is 1.11. The van der Waals surface area contributed by atoms with Crippen molar-refractivity contribution in [3.05, 3.63) is 23.7 Å². The molecule has 1 atom stereocenters. The fraction of sp³-hybridized carbons (Fsp3) is 0.643.